The van der Waals surface area contributed by atoms with Crippen molar-refractivity contribution in [3.05, 3.63) is 83.3 Å². The van der Waals surface area contributed by atoms with E-state index in [1.165, 1.54) is 12.1 Å². The van der Waals surface area contributed by atoms with Crippen LogP contribution in [0.25, 0.3) is 23.1 Å². The lowest BCUT2D eigenvalue weighted by atomic mass is 10.0. The molecule has 3 N–H and O–H groups in total. The van der Waals surface area contributed by atoms with Crippen molar-refractivity contribution in [2.75, 3.05) is 43.9 Å². The van der Waals surface area contributed by atoms with Crippen LogP contribution < -0.4 is 10.6 Å². The Morgan fingerprint density at radius 2 is 1.67 bits per heavy atom. The van der Waals surface area contributed by atoms with E-state index in [0.29, 0.717) is 30.0 Å². The minimum absolute atomic E-state index is 0.0209. The second-order valence-corrected chi connectivity index (χ2v) is 10.2. The number of aromatic amines is 1. The summed E-state index contributed by atoms with van der Waals surface area (Å²) in [5, 5.41) is 13.1. The van der Waals surface area contributed by atoms with Crippen molar-refractivity contribution in [1.29, 1.82) is 0 Å². The van der Waals surface area contributed by atoms with Crippen LogP contribution in [0.2, 0.25) is 0 Å². The molecule has 12 heteroatoms. The molecule has 2 aromatic carbocycles. The Morgan fingerprint density at radius 3 is 2.36 bits per heavy atom. The lowest BCUT2D eigenvalue weighted by Crippen LogP contribution is -2.44. The van der Waals surface area contributed by atoms with Gasteiger partial charge in [-0.05, 0) is 67.2 Å². The number of alkyl halides is 3. The van der Waals surface area contributed by atoms with Gasteiger partial charge in [0.2, 0.25) is 11.8 Å². The maximum absolute atomic E-state index is 13.9. The average molecular weight is 578 g/mol. The Hall–Kier alpha value is -4.55. The number of carbonyl (C=O) groups excluding carboxylic acids is 2. The molecule has 0 radical (unpaired) electrons. The van der Waals surface area contributed by atoms with Crippen molar-refractivity contribution < 1.29 is 22.8 Å². The van der Waals surface area contributed by atoms with Crippen LogP contribution in [-0.2, 0) is 22.3 Å². The third kappa shape index (κ3) is 7.39. The summed E-state index contributed by atoms with van der Waals surface area (Å²) in [4.78, 5) is 33.4. The highest BCUT2D eigenvalue weighted by molar-refractivity contribution is 6.08. The number of fused-ring (bicyclic) bond motifs is 1. The van der Waals surface area contributed by atoms with Crippen molar-refractivity contribution in [3.63, 3.8) is 0 Å². The van der Waals surface area contributed by atoms with E-state index in [2.05, 4.69) is 30.7 Å². The van der Waals surface area contributed by atoms with Crippen molar-refractivity contribution in [2.45, 2.75) is 19.1 Å². The highest BCUT2D eigenvalue weighted by Gasteiger charge is 2.34. The number of hydrogen-bond donors (Lipinski definition) is 3. The summed E-state index contributed by atoms with van der Waals surface area (Å²) in [7, 11) is 1.98. The average Bonchev–Trinajstić information content (AvgIpc) is 3.36. The molecule has 4 aromatic rings. The number of carbonyl (C=O) groups is 2. The number of piperazine rings is 1. The van der Waals surface area contributed by atoms with Crippen molar-refractivity contribution in [1.82, 2.24) is 25.0 Å². The van der Waals surface area contributed by atoms with Crippen LogP contribution in [0.15, 0.2) is 60.8 Å². The largest absolute Gasteiger partial charge is 0.416 e. The van der Waals surface area contributed by atoms with Crippen molar-refractivity contribution in [2.24, 2.45) is 0 Å². The number of anilines is 2. The molecule has 9 nitrogen and oxygen atoms in total. The lowest BCUT2D eigenvalue weighted by Gasteiger charge is -2.33. The van der Waals surface area contributed by atoms with Gasteiger partial charge in [0.1, 0.15) is 6.42 Å². The van der Waals surface area contributed by atoms with Gasteiger partial charge in [-0.25, -0.2) is 0 Å². The molecule has 5 rings (SSSR count). The molecule has 218 valence electrons. The predicted octanol–water partition coefficient (Wildman–Crippen LogP) is 4.86. The zero-order valence-electron chi connectivity index (χ0n) is 22.9. The number of nitrogens with zero attached hydrogens (tertiary/aromatic N) is 4. The molecule has 1 aliphatic heterocycles. The Kier molecular flexibility index (Phi) is 8.64. The van der Waals surface area contributed by atoms with E-state index in [4.69, 9.17) is 0 Å². The molecule has 3 heterocycles. The van der Waals surface area contributed by atoms with Crippen LogP contribution in [0.3, 0.4) is 0 Å². The fraction of sp³-hybridized carbons (Fsp3) is 0.267. The maximum Gasteiger partial charge on any atom is 0.416 e. The summed E-state index contributed by atoms with van der Waals surface area (Å²) >= 11 is 0. The van der Waals surface area contributed by atoms with Gasteiger partial charge in [-0.15, -0.1) is 0 Å². The summed E-state index contributed by atoms with van der Waals surface area (Å²) in [5.74, 6) is -1.33. The lowest BCUT2D eigenvalue weighted by molar-refractivity contribution is -0.138. The number of benzene rings is 2. The fourth-order valence-electron chi connectivity index (χ4n) is 4.74. The molecule has 42 heavy (non-hydrogen) atoms. The number of H-pyrrole nitrogens is 1. The number of amides is 2. The summed E-state index contributed by atoms with van der Waals surface area (Å²) in [6.45, 7) is 3.11. The van der Waals surface area contributed by atoms with E-state index in [1.807, 2.05) is 42.3 Å². The quantitative estimate of drug-likeness (QED) is 0.258. The van der Waals surface area contributed by atoms with Crippen molar-refractivity contribution >= 4 is 46.2 Å². The van der Waals surface area contributed by atoms with E-state index in [0.717, 1.165) is 30.2 Å². The van der Waals surface area contributed by atoms with Gasteiger partial charge in [-0.3, -0.25) is 24.6 Å². The summed E-state index contributed by atoms with van der Waals surface area (Å²) in [6.07, 6.45) is 0.210. The number of aromatic nitrogens is 3. The van der Waals surface area contributed by atoms with Gasteiger partial charge >= 0.3 is 6.18 Å². The third-order valence-corrected chi connectivity index (χ3v) is 6.99. The number of nitrogens with one attached hydrogen (secondary N) is 3. The Labute approximate surface area is 240 Å². The molecular weight excluding hydrogens is 547 g/mol. The molecule has 0 atom stereocenters. The molecule has 1 saturated heterocycles. The van der Waals surface area contributed by atoms with Gasteiger partial charge in [0.05, 0.1) is 22.5 Å². The Balaban J connectivity index is 1.19. The minimum atomic E-state index is -4.58. The first-order valence-electron chi connectivity index (χ1n) is 13.4. The number of rotatable bonds is 8. The van der Waals surface area contributed by atoms with E-state index < -0.39 is 30.0 Å². The number of halogens is 3. The van der Waals surface area contributed by atoms with Gasteiger partial charge in [0, 0.05) is 55.7 Å². The highest BCUT2D eigenvalue weighted by atomic mass is 19.4. The van der Waals surface area contributed by atoms with Gasteiger partial charge in [0.15, 0.2) is 0 Å². The fourth-order valence-corrected chi connectivity index (χ4v) is 4.74. The predicted molar refractivity (Wildman–Crippen MR) is 155 cm³/mol. The maximum atomic E-state index is 13.9. The minimum Gasteiger partial charge on any atom is -0.326 e. The molecule has 0 saturated carbocycles. The molecule has 1 fully saturated rings. The number of pyridine rings is 1. The standard InChI is InChI=1S/C30H30F3N7O2/c1-39-12-14-40(15-13-39)19-20-5-6-22(16-25(20)30(31,32)33)35-28(41)18-29(42)36-23-7-9-24-26(37-38-27(24)17-23)10-8-21-4-2-3-11-34-21/h2-11,16-17H,12-15,18-19H2,1H3,(H,35,41)(H,36,42)(H,37,38)/b10-8+. The van der Waals surface area contributed by atoms with E-state index >= 15 is 0 Å². The van der Waals surface area contributed by atoms with Crippen LogP contribution in [-0.4, -0.2) is 70.0 Å². The molecule has 1 aliphatic rings. The summed E-state index contributed by atoms with van der Waals surface area (Å²) < 4.78 is 41.6. The Bertz CT molecular complexity index is 1590. The van der Waals surface area contributed by atoms with Crippen molar-refractivity contribution in [3.8, 4) is 0 Å². The molecule has 0 aliphatic carbocycles. The first-order valence-corrected chi connectivity index (χ1v) is 13.4. The summed E-state index contributed by atoms with van der Waals surface area (Å²) in [5.41, 5.74) is 1.92. The van der Waals surface area contributed by atoms with E-state index in [1.54, 1.807) is 24.4 Å². The van der Waals surface area contributed by atoms with Crippen LogP contribution in [0.1, 0.15) is 28.9 Å². The molecule has 0 unspecified atom stereocenters. The second kappa shape index (κ2) is 12.5. The summed E-state index contributed by atoms with van der Waals surface area (Å²) in [6, 6.07) is 14.5. The van der Waals surface area contributed by atoms with Gasteiger partial charge in [-0.1, -0.05) is 12.1 Å². The zero-order chi connectivity index (χ0) is 29.7. The molecule has 0 bridgehead atoms. The monoisotopic (exact) mass is 577 g/mol. The van der Waals surface area contributed by atoms with E-state index in [-0.39, 0.29) is 17.8 Å². The van der Waals surface area contributed by atoms with Gasteiger partial charge < -0.3 is 15.5 Å². The van der Waals surface area contributed by atoms with Crippen LogP contribution in [0.4, 0.5) is 24.5 Å². The SMILES string of the molecule is CN1CCN(Cc2ccc(NC(=O)CC(=O)Nc3ccc4c(/C=C/c5ccccn5)n[nH]c4c3)cc2C(F)(F)F)CC1. The normalized spacial score (nSPS) is 14.9. The number of likely N-dealkylation sites (N-methyl/N-ethyl adjacent to an activating group) is 1. The van der Waals surface area contributed by atoms with Gasteiger partial charge in [0.25, 0.3) is 0 Å². The second-order valence-electron chi connectivity index (χ2n) is 10.2. The molecule has 0 spiro atoms. The smallest absolute Gasteiger partial charge is 0.326 e. The van der Waals surface area contributed by atoms with Crippen LogP contribution in [0, 0.1) is 0 Å². The number of hydrogen-bond acceptors (Lipinski definition) is 6. The third-order valence-electron chi connectivity index (χ3n) is 6.99. The molecular formula is C30H30F3N7O2. The van der Waals surface area contributed by atoms with Crippen LogP contribution >= 0.6 is 0 Å². The van der Waals surface area contributed by atoms with Gasteiger partial charge in [-0.2, -0.15) is 18.3 Å². The molecule has 2 amide bonds. The first kappa shape index (κ1) is 29.0. The van der Waals surface area contributed by atoms with Crippen LogP contribution in [0.5, 0.6) is 0 Å². The molecule has 2 aromatic heterocycles. The van der Waals surface area contributed by atoms with E-state index in [9.17, 15) is 22.8 Å². The first-order chi connectivity index (χ1) is 20.1. The zero-order valence-corrected chi connectivity index (χ0v) is 22.9. The topological polar surface area (TPSA) is 106 Å². The highest BCUT2D eigenvalue weighted by Crippen LogP contribution is 2.34. The Morgan fingerprint density at radius 1 is 0.952 bits per heavy atom.